The molecule has 0 spiro atoms. The Balaban J connectivity index is 1.55. The number of aliphatic hydroxyl groups is 1. The van der Waals surface area contributed by atoms with E-state index in [1.165, 1.54) is 11.8 Å². The van der Waals surface area contributed by atoms with Gasteiger partial charge in [-0.2, -0.15) is 0 Å². The molecule has 1 atom stereocenters. The topological polar surface area (TPSA) is 66.8 Å². The number of Topliss-reactive ketones (excluding diaryl/α,β-unsaturated/α-hetero) is 1. The molecule has 1 aliphatic rings. The van der Waals surface area contributed by atoms with Crippen LogP contribution < -0.4 is 9.64 Å². The predicted molar refractivity (Wildman–Crippen MR) is 112 cm³/mol. The van der Waals surface area contributed by atoms with E-state index in [-0.39, 0.29) is 25.4 Å². The molecule has 1 aliphatic heterocycles. The molecule has 0 fully saturated rings. The second-order valence-corrected chi connectivity index (χ2v) is 7.60. The van der Waals surface area contributed by atoms with Crippen molar-refractivity contribution >= 4 is 39.8 Å². The number of hydrogen-bond donors (Lipinski definition) is 1. The van der Waals surface area contributed by atoms with Crippen LogP contribution in [0.2, 0.25) is 5.02 Å². The zero-order chi connectivity index (χ0) is 20.6. The molecular formula is C23H20ClNO4. The lowest BCUT2D eigenvalue weighted by molar-refractivity contribution is -0.141. The zero-order valence-electron chi connectivity index (χ0n) is 15.9. The summed E-state index contributed by atoms with van der Waals surface area (Å²) in [5, 5.41) is 13.5. The lowest BCUT2D eigenvalue weighted by atomic mass is 9.90. The van der Waals surface area contributed by atoms with E-state index in [0.717, 1.165) is 10.8 Å². The molecule has 3 aromatic rings. The van der Waals surface area contributed by atoms with Gasteiger partial charge < -0.3 is 14.7 Å². The number of ether oxygens (including phenoxy) is 1. The number of ketones is 1. The minimum Gasteiger partial charge on any atom is -0.492 e. The van der Waals surface area contributed by atoms with Crippen LogP contribution in [-0.2, 0) is 15.2 Å². The molecule has 5 nitrogen and oxygen atoms in total. The number of anilines is 1. The number of amides is 1. The average Bonchev–Trinajstić information content (AvgIpc) is 2.90. The number of carbonyl (C=O) groups excluding carboxylic acids is 2. The van der Waals surface area contributed by atoms with Crippen LogP contribution in [0.1, 0.15) is 18.9 Å². The molecule has 1 N–H and O–H groups in total. The van der Waals surface area contributed by atoms with Gasteiger partial charge in [-0.15, -0.1) is 0 Å². The van der Waals surface area contributed by atoms with Crippen LogP contribution in [0.25, 0.3) is 10.8 Å². The highest BCUT2D eigenvalue weighted by molar-refractivity contribution is 6.35. The molecule has 1 heterocycles. The Morgan fingerprint density at radius 2 is 1.86 bits per heavy atom. The molecule has 0 aliphatic carbocycles. The van der Waals surface area contributed by atoms with E-state index in [2.05, 4.69) is 0 Å². The summed E-state index contributed by atoms with van der Waals surface area (Å²) in [6, 6.07) is 18.7. The quantitative estimate of drug-likeness (QED) is 0.666. The van der Waals surface area contributed by atoms with Crippen LogP contribution in [0.4, 0.5) is 5.69 Å². The van der Waals surface area contributed by atoms with Gasteiger partial charge in [-0.05, 0) is 35.9 Å². The third-order valence-corrected chi connectivity index (χ3v) is 5.42. The Morgan fingerprint density at radius 3 is 2.62 bits per heavy atom. The Kier molecular flexibility index (Phi) is 5.03. The van der Waals surface area contributed by atoms with Crippen LogP contribution in [0.15, 0.2) is 60.7 Å². The van der Waals surface area contributed by atoms with E-state index in [1.807, 2.05) is 42.5 Å². The minimum atomic E-state index is -1.89. The number of rotatable bonds is 6. The van der Waals surface area contributed by atoms with Crippen molar-refractivity contribution in [1.29, 1.82) is 0 Å². The molecule has 0 saturated carbocycles. The smallest absolute Gasteiger partial charge is 0.264 e. The van der Waals surface area contributed by atoms with Gasteiger partial charge in [-0.3, -0.25) is 9.59 Å². The third-order valence-electron chi connectivity index (χ3n) is 5.11. The first kappa shape index (κ1) is 19.4. The maximum atomic E-state index is 13.0. The molecule has 148 valence electrons. The average molecular weight is 410 g/mol. The van der Waals surface area contributed by atoms with E-state index in [9.17, 15) is 14.7 Å². The summed E-state index contributed by atoms with van der Waals surface area (Å²) < 4.78 is 5.84. The fraction of sp³-hybridized carbons (Fsp3) is 0.217. The first-order valence-electron chi connectivity index (χ1n) is 9.34. The molecule has 0 bridgehead atoms. The van der Waals surface area contributed by atoms with E-state index in [0.29, 0.717) is 22.0 Å². The van der Waals surface area contributed by atoms with Gasteiger partial charge in [0.1, 0.15) is 18.1 Å². The highest BCUT2D eigenvalue weighted by atomic mass is 35.5. The Morgan fingerprint density at radius 1 is 1.10 bits per heavy atom. The number of nitrogens with zero attached hydrogens (tertiary/aromatic N) is 1. The number of hydrogen-bond acceptors (Lipinski definition) is 4. The third kappa shape index (κ3) is 3.48. The van der Waals surface area contributed by atoms with Gasteiger partial charge >= 0.3 is 0 Å². The number of carbonyl (C=O) groups is 2. The van der Waals surface area contributed by atoms with Crippen molar-refractivity contribution in [3.8, 4) is 5.75 Å². The van der Waals surface area contributed by atoms with Crippen LogP contribution in [0, 0.1) is 0 Å². The standard InChI is InChI=1S/C23H20ClNO4/c1-15(26)14-23(28)19-7-4-8-20(24)21(19)25(22(23)27)11-12-29-18-10-9-16-5-2-3-6-17(16)13-18/h2-10,13,28H,11-12,14H2,1H3. The molecule has 0 saturated heterocycles. The first-order chi connectivity index (χ1) is 13.9. The van der Waals surface area contributed by atoms with Crippen molar-refractivity contribution in [2.75, 3.05) is 18.1 Å². The van der Waals surface area contributed by atoms with Gasteiger partial charge in [0, 0.05) is 12.0 Å². The monoisotopic (exact) mass is 409 g/mol. The van der Waals surface area contributed by atoms with Gasteiger partial charge in [0.25, 0.3) is 5.91 Å². The molecule has 29 heavy (non-hydrogen) atoms. The second kappa shape index (κ2) is 7.50. The maximum Gasteiger partial charge on any atom is 0.264 e. The number of fused-ring (bicyclic) bond motifs is 2. The summed E-state index contributed by atoms with van der Waals surface area (Å²) in [6.07, 6.45) is -0.290. The normalized spacial score (nSPS) is 18.2. The Bertz CT molecular complexity index is 1110. The number of halogens is 1. The molecule has 6 heteroatoms. The fourth-order valence-electron chi connectivity index (χ4n) is 3.82. The van der Waals surface area contributed by atoms with E-state index in [4.69, 9.17) is 16.3 Å². The van der Waals surface area contributed by atoms with E-state index >= 15 is 0 Å². The summed E-state index contributed by atoms with van der Waals surface area (Å²) in [5.41, 5.74) is -1.10. The van der Waals surface area contributed by atoms with Crippen LogP contribution in [0.5, 0.6) is 5.75 Å². The SMILES string of the molecule is CC(=O)CC1(O)C(=O)N(CCOc2ccc3ccccc3c2)c2c(Cl)cccc21. The van der Waals surface area contributed by atoms with Gasteiger partial charge in [0.2, 0.25) is 0 Å². The highest BCUT2D eigenvalue weighted by Gasteiger charge is 2.51. The number of benzene rings is 3. The van der Waals surface area contributed by atoms with Crippen LogP contribution in [0.3, 0.4) is 0 Å². The van der Waals surface area contributed by atoms with Crippen molar-refractivity contribution in [3.63, 3.8) is 0 Å². The summed E-state index contributed by atoms with van der Waals surface area (Å²) in [7, 11) is 0. The van der Waals surface area contributed by atoms with E-state index in [1.54, 1.807) is 18.2 Å². The maximum absolute atomic E-state index is 13.0. The summed E-state index contributed by atoms with van der Waals surface area (Å²) >= 11 is 6.32. The minimum absolute atomic E-state index is 0.197. The lowest BCUT2D eigenvalue weighted by Crippen LogP contribution is -2.43. The zero-order valence-corrected chi connectivity index (χ0v) is 16.6. The van der Waals surface area contributed by atoms with Crippen molar-refractivity contribution < 1.29 is 19.4 Å². The lowest BCUT2D eigenvalue weighted by Gasteiger charge is -2.22. The Hall–Kier alpha value is -2.89. The molecule has 1 unspecified atom stereocenters. The molecule has 1 amide bonds. The van der Waals surface area contributed by atoms with Gasteiger partial charge in [-0.25, -0.2) is 0 Å². The molecule has 0 radical (unpaired) electrons. The van der Waals surface area contributed by atoms with Crippen LogP contribution >= 0.6 is 11.6 Å². The second-order valence-electron chi connectivity index (χ2n) is 7.19. The first-order valence-corrected chi connectivity index (χ1v) is 9.72. The molecule has 4 rings (SSSR count). The van der Waals surface area contributed by atoms with Gasteiger partial charge in [0.15, 0.2) is 5.60 Å². The number of para-hydroxylation sites is 1. The van der Waals surface area contributed by atoms with Crippen molar-refractivity contribution in [3.05, 3.63) is 71.2 Å². The summed E-state index contributed by atoms with van der Waals surface area (Å²) in [6.45, 7) is 1.76. The van der Waals surface area contributed by atoms with Gasteiger partial charge in [0.05, 0.1) is 17.3 Å². The van der Waals surface area contributed by atoms with Crippen molar-refractivity contribution in [2.45, 2.75) is 18.9 Å². The molecule has 3 aromatic carbocycles. The molecular weight excluding hydrogens is 390 g/mol. The molecule has 0 aromatic heterocycles. The largest absolute Gasteiger partial charge is 0.492 e. The van der Waals surface area contributed by atoms with Crippen molar-refractivity contribution in [1.82, 2.24) is 0 Å². The predicted octanol–water partition coefficient (Wildman–Crippen LogP) is 4.09. The van der Waals surface area contributed by atoms with E-state index < -0.39 is 11.5 Å². The summed E-state index contributed by atoms with van der Waals surface area (Å²) in [4.78, 5) is 26.1. The Labute approximate surface area is 173 Å². The van der Waals surface area contributed by atoms with Gasteiger partial charge in [-0.1, -0.05) is 54.1 Å². The highest BCUT2D eigenvalue weighted by Crippen LogP contribution is 2.45. The van der Waals surface area contributed by atoms with Crippen molar-refractivity contribution in [2.24, 2.45) is 0 Å². The fourth-order valence-corrected chi connectivity index (χ4v) is 4.10. The van der Waals surface area contributed by atoms with Crippen LogP contribution in [-0.4, -0.2) is 29.9 Å². The summed E-state index contributed by atoms with van der Waals surface area (Å²) in [5.74, 6) is -0.146.